The van der Waals surface area contributed by atoms with Crippen molar-refractivity contribution in [2.45, 2.75) is 37.4 Å². The number of nitrogens with two attached hydrogens (primary N) is 1. The van der Waals surface area contributed by atoms with Crippen LogP contribution in [0.25, 0.3) is 0 Å². The van der Waals surface area contributed by atoms with Crippen LogP contribution in [0.5, 0.6) is 0 Å². The van der Waals surface area contributed by atoms with Crippen LogP contribution in [0.3, 0.4) is 0 Å². The molecule has 0 amide bonds. The Morgan fingerprint density at radius 2 is 1.69 bits per heavy atom. The third-order valence-electron chi connectivity index (χ3n) is 3.24. The Hall–Kier alpha value is -1.03. The van der Waals surface area contributed by atoms with Crippen LogP contribution in [-0.2, 0) is 6.18 Å². The first kappa shape index (κ1) is 11.5. The van der Waals surface area contributed by atoms with E-state index >= 15 is 0 Å². The lowest BCUT2D eigenvalue weighted by molar-refractivity contribution is -0.137. The first-order valence-corrected chi connectivity index (χ1v) is 5.41. The molecule has 1 aliphatic rings. The smallest absolute Gasteiger partial charge is 0.327 e. The number of halogens is 3. The van der Waals surface area contributed by atoms with Crippen molar-refractivity contribution >= 4 is 0 Å². The first-order chi connectivity index (χ1) is 7.48. The van der Waals surface area contributed by atoms with Crippen LogP contribution in [0.2, 0.25) is 0 Å². The van der Waals surface area contributed by atoms with Gasteiger partial charge in [0.2, 0.25) is 0 Å². The van der Waals surface area contributed by atoms with Crippen molar-refractivity contribution in [1.82, 2.24) is 0 Å². The zero-order chi connectivity index (χ0) is 11.8. The average molecular weight is 229 g/mol. The molecule has 16 heavy (non-hydrogen) atoms. The van der Waals surface area contributed by atoms with Crippen molar-refractivity contribution in [3.63, 3.8) is 0 Å². The average Bonchev–Trinajstić information content (AvgIpc) is 2.63. The van der Waals surface area contributed by atoms with Gasteiger partial charge in [0.15, 0.2) is 0 Å². The van der Waals surface area contributed by atoms with Crippen molar-refractivity contribution in [3.8, 4) is 0 Å². The number of rotatable bonds is 1. The molecule has 0 aliphatic heterocycles. The van der Waals surface area contributed by atoms with Gasteiger partial charge in [-0.15, -0.1) is 0 Å². The number of hydrogen-bond donors (Lipinski definition) is 1. The van der Waals surface area contributed by atoms with Gasteiger partial charge < -0.3 is 5.73 Å². The van der Waals surface area contributed by atoms with Gasteiger partial charge in [-0.25, -0.2) is 0 Å². The van der Waals surface area contributed by atoms with Gasteiger partial charge in [0.1, 0.15) is 0 Å². The van der Waals surface area contributed by atoms with E-state index in [1.807, 2.05) is 0 Å². The van der Waals surface area contributed by atoms with Gasteiger partial charge in [-0.05, 0) is 36.5 Å². The van der Waals surface area contributed by atoms with Crippen molar-refractivity contribution < 1.29 is 13.2 Å². The molecule has 2 atom stereocenters. The van der Waals surface area contributed by atoms with Gasteiger partial charge in [0.05, 0.1) is 5.56 Å². The normalized spacial score (nSPS) is 26.0. The van der Waals surface area contributed by atoms with E-state index in [1.54, 1.807) is 12.1 Å². The predicted octanol–water partition coefficient (Wildman–Crippen LogP) is 3.30. The van der Waals surface area contributed by atoms with E-state index in [0.29, 0.717) is 0 Å². The van der Waals surface area contributed by atoms with Crippen LogP contribution in [-0.4, -0.2) is 6.04 Å². The summed E-state index contributed by atoms with van der Waals surface area (Å²) in [5.74, 6) is 0.224. The molecule has 88 valence electrons. The van der Waals surface area contributed by atoms with Crippen LogP contribution in [0.15, 0.2) is 24.3 Å². The molecule has 1 aliphatic carbocycles. The quantitative estimate of drug-likeness (QED) is 0.785. The number of hydrogen-bond acceptors (Lipinski definition) is 1. The Bertz CT molecular complexity index is 356. The molecule has 0 spiro atoms. The molecule has 2 rings (SSSR count). The second-order valence-electron chi connectivity index (χ2n) is 4.32. The molecule has 1 aromatic carbocycles. The van der Waals surface area contributed by atoms with Crippen LogP contribution in [0.4, 0.5) is 13.2 Å². The highest BCUT2D eigenvalue weighted by atomic mass is 19.4. The standard InChI is InChI=1S/C12H14F3N/c13-12(14,15)9-6-4-8(5-7-9)10-2-1-3-11(10)16/h4-7,10-11H,1-3,16H2. The monoisotopic (exact) mass is 229 g/mol. The maximum Gasteiger partial charge on any atom is 0.416 e. The summed E-state index contributed by atoms with van der Waals surface area (Å²) in [5, 5.41) is 0. The van der Waals surface area contributed by atoms with E-state index in [4.69, 9.17) is 5.73 Å². The van der Waals surface area contributed by atoms with Crippen LogP contribution in [0.1, 0.15) is 36.3 Å². The van der Waals surface area contributed by atoms with Crippen molar-refractivity contribution in [2.24, 2.45) is 5.73 Å². The molecule has 2 N–H and O–H groups in total. The lowest BCUT2D eigenvalue weighted by atomic mass is 9.94. The Morgan fingerprint density at radius 3 is 2.12 bits per heavy atom. The number of benzene rings is 1. The molecule has 0 radical (unpaired) electrons. The molecule has 1 aromatic rings. The van der Waals surface area contributed by atoms with E-state index in [1.165, 1.54) is 0 Å². The van der Waals surface area contributed by atoms with Gasteiger partial charge in [-0.2, -0.15) is 13.2 Å². The molecule has 1 nitrogen and oxygen atoms in total. The van der Waals surface area contributed by atoms with Gasteiger partial charge in [-0.1, -0.05) is 18.6 Å². The van der Waals surface area contributed by atoms with Crippen LogP contribution in [0, 0.1) is 0 Å². The zero-order valence-corrected chi connectivity index (χ0v) is 8.80. The topological polar surface area (TPSA) is 26.0 Å². The third-order valence-corrected chi connectivity index (χ3v) is 3.24. The highest BCUT2D eigenvalue weighted by Crippen LogP contribution is 2.35. The minimum atomic E-state index is -4.25. The summed E-state index contributed by atoms with van der Waals surface area (Å²) in [6.45, 7) is 0. The van der Waals surface area contributed by atoms with Gasteiger partial charge in [0, 0.05) is 6.04 Å². The van der Waals surface area contributed by atoms with Crippen molar-refractivity contribution in [2.75, 3.05) is 0 Å². The minimum Gasteiger partial charge on any atom is -0.327 e. The van der Waals surface area contributed by atoms with Crippen molar-refractivity contribution in [3.05, 3.63) is 35.4 Å². The van der Waals surface area contributed by atoms with E-state index in [9.17, 15) is 13.2 Å². The van der Waals surface area contributed by atoms with Gasteiger partial charge >= 0.3 is 6.18 Å². The second-order valence-corrected chi connectivity index (χ2v) is 4.32. The maximum absolute atomic E-state index is 12.3. The molecule has 0 heterocycles. The van der Waals surface area contributed by atoms with E-state index in [0.717, 1.165) is 37.0 Å². The first-order valence-electron chi connectivity index (χ1n) is 5.41. The lowest BCUT2D eigenvalue weighted by Crippen LogP contribution is -2.22. The van der Waals surface area contributed by atoms with E-state index in [-0.39, 0.29) is 12.0 Å². The SMILES string of the molecule is NC1CCCC1c1ccc(C(F)(F)F)cc1. The molecule has 0 saturated heterocycles. The van der Waals surface area contributed by atoms with Gasteiger partial charge in [-0.3, -0.25) is 0 Å². The highest BCUT2D eigenvalue weighted by molar-refractivity contribution is 5.28. The maximum atomic E-state index is 12.3. The third kappa shape index (κ3) is 2.21. The molecule has 0 bridgehead atoms. The summed E-state index contributed by atoms with van der Waals surface area (Å²) in [6.07, 6.45) is -1.25. The highest BCUT2D eigenvalue weighted by Gasteiger charge is 2.31. The predicted molar refractivity (Wildman–Crippen MR) is 56.0 cm³/mol. The largest absolute Gasteiger partial charge is 0.416 e. The molecular formula is C12H14F3N. The summed E-state index contributed by atoms with van der Waals surface area (Å²) in [7, 11) is 0. The second kappa shape index (κ2) is 4.09. The molecule has 4 heteroatoms. The molecular weight excluding hydrogens is 215 g/mol. The Morgan fingerprint density at radius 1 is 1.06 bits per heavy atom. The van der Waals surface area contributed by atoms with E-state index in [2.05, 4.69) is 0 Å². The Labute approximate surface area is 92.5 Å². The summed E-state index contributed by atoms with van der Waals surface area (Å²) < 4.78 is 37.0. The summed E-state index contributed by atoms with van der Waals surface area (Å²) >= 11 is 0. The van der Waals surface area contributed by atoms with Gasteiger partial charge in [0.25, 0.3) is 0 Å². The zero-order valence-electron chi connectivity index (χ0n) is 8.80. The Kier molecular flexibility index (Phi) is 2.93. The molecule has 1 saturated carbocycles. The van der Waals surface area contributed by atoms with E-state index < -0.39 is 11.7 Å². The minimum absolute atomic E-state index is 0.0942. The summed E-state index contributed by atoms with van der Waals surface area (Å²) in [4.78, 5) is 0. The summed E-state index contributed by atoms with van der Waals surface area (Å²) in [6, 6.07) is 5.48. The lowest BCUT2D eigenvalue weighted by Gasteiger charge is -2.16. The summed E-state index contributed by atoms with van der Waals surface area (Å²) in [5.41, 5.74) is 6.25. The Balaban J connectivity index is 2.19. The van der Waals surface area contributed by atoms with Crippen LogP contribution < -0.4 is 5.73 Å². The fourth-order valence-corrected chi connectivity index (χ4v) is 2.32. The van der Waals surface area contributed by atoms with Crippen LogP contribution >= 0.6 is 0 Å². The molecule has 2 unspecified atom stereocenters. The number of alkyl halides is 3. The fourth-order valence-electron chi connectivity index (χ4n) is 2.32. The molecule has 1 fully saturated rings. The fraction of sp³-hybridized carbons (Fsp3) is 0.500. The van der Waals surface area contributed by atoms with Crippen molar-refractivity contribution in [1.29, 1.82) is 0 Å². The molecule has 0 aromatic heterocycles.